The summed E-state index contributed by atoms with van der Waals surface area (Å²) in [7, 11) is 0. The Morgan fingerprint density at radius 2 is 1.62 bits per heavy atom. The van der Waals surface area contributed by atoms with Crippen LogP contribution in [0.25, 0.3) is 0 Å². The zero-order chi connectivity index (χ0) is 30.1. The molecule has 0 bridgehead atoms. The summed E-state index contributed by atoms with van der Waals surface area (Å²) in [6.07, 6.45) is 6.01. The molecule has 228 valence electrons. The van der Waals surface area contributed by atoms with Gasteiger partial charge in [0.1, 0.15) is 5.75 Å². The van der Waals surface area contributed by atoms with Crippen molar-refractivity contribution in [3.05, 3.63) is 77.9 Å². The van der Waals surface area contributed by atoms with E-state index in [1.54, 1.807) is 6.07 Å². The zero-order valence-corrected chi connectivity index (χ0v) is 25.3. The molecule has 2 fully saturated rings. The first-order valence-corrected chi connectivity index (χ1v) is 15.5. The summed E-state index contributed by atoms with van der Waals surface area (Å²) in [5.74, 6) is -0.409. The van der Waals surface area contributed by atoms with Gasteiger partial charge in [-0.2, -0.15) is 0 Å². The predicted molar refractivity (Wildman–Crippen MR) is 167 cm³/mol. The summed E-state index contributed by atoms with van der Waals surface area (Å²) in [6, 6.07) is 16.1. The van der Waals surface area contributed by atoms with Gasteiger partial charge in [0.05, 0.1) is 6.04 Å². The second-order valence-corrected chi connectivity index (χ2v) is 12.0. The Bertz CT molecular complexity index is 1200. The van der Waals surface area contributed by atoms with Gasteiger partial charge in [0, 0.05) is 69.9 Å². The fraction of sp³-hybridized carbons (Fsp3) is 0.529. The van der Waals surface area contributed by atoms with Crippen LogP contribution < -0.4 is 0 Å². The van der Waals surface area contributed by atoms with Crippen LogP contribution in [0.2, 0.25) is 0 Å². The van der Waals surface area contributed by atoms with Gasteiger partial charge in [0.2, 0.25) is 0 Å². The molecule has 2 N–H and O–H groups in total. The van der Waals surface area contributed by atoms with E-state index in [1.165, 1.54) is 0 Å². The summed E-state index contributed by atoms with van der Waals surface area (Å²) >= 11 is 0. The number of benzene rings is 2. The van der Waals surface area contributed by atoms with Crippen LogP contribution in [-0.2, 0) is 4.79 Å². The maximum Gasteiger partial charge on any atom is 0.303 e. The quantitative estimate of drug-likeness (QED) is 0.260. The number of rotatable bonds is 13. The van der Waals surface area contributed by atoms with E-state index >= 15 is 0 Å². The van der Waals surface area contributed by atoms with Gasteiger partial charge in [0.25, 0.3) is 5.91 Å². The second-order valence-electron chi connectivity index (χ2n) is 12.0. The van der Waals surface area contributed by atoms with Crippen LogP contribution in [0, 0.1) is 0 Å². The lowest BCUT2D eigenvalue weighted by molar-refractivity contribution is -0.137. The Labute approximate surface area is 251 Å². The number of nitrogens with zero attached hydrogens (tertiary/aromatic N) is 4. The second kappa shape index (κ2) is 15.3. The molecule has 2 aromatic carbocycles. The van der Waals surface area contributed by atoms with Crippen molar-refractivity contribution in [2.24, 2.45) is 0 Å². The first-order valence-electron chi connectivity index (χ1n) is 15.5. The Hall–Kier alpha value is -3.20. The van der Waals surface area contributed by atoms with Gasteiger partial charge >= 0.3 is 5.97 Å². The van der Waals surface area contributed by atoms with Crippen molar-refractivity contribution in [3.63, 3.8) is 0 Å². The number of hydrogen-bond acceptors (Lipinski definition) is 6. The lowest BCUT2D eigenvalue weighted by Crippen LogP contribution is -2.57. The molecule has 0 spiro atoms. The van der Waals surface area contributed by atoms with Crippen molar-refractivity contribution in [2.75, 3.05) is 52.4 Å². The smallest absolute Gasteiger partial charge is 0.303 e. The number of phenols is 1. The molecule has 0 aromatic heterocycles. The maximum atomic E-state index is 13.7. The van der Waals surface area contributed by atoms with E-state index in [0.29, 0.717) is 24.7 Å². The third-order valence-corrected chi connectivity index (χ3v) is 8.77. The SMILES string of the molecule is C=CCN1C[C@H](C)N([C@@H](c2cccc(O)c2)c2cccc(C(=O)N3CCN(CCCCCCC(=O)O)CC3)c2)C[C@H]1C. The third kappa shape index (κ3) is 8.43. The van der Waals surface area contributed by atoms with Crippen LogP contribution in [0.4, 0.5) is 0 Å². The molecule has 3 atom stereocenters. The minimum atomic E-state index is -0.720. The number of aromatic hydroxyl groups is 1. The molecule has 2 aliphatic heterocycles. The summed E-state index contributed by atoms with van der Waals surface area (Å²) in [4.78, 5) is 33.6. The van der Waals surface area contributed by atoms with Crippen molar-refractivity contribution in [1.29, 1.82) is 0 Å². The molecule has 4 rings (SSSR count). The molecule has 0 radical (unpaired) electrons. The number of phenolic OH excluding ortho intramolecular Hbond substituents is 1. The summed E-state index contributed by atoms with van der Waals surface area (Å²) < 4.78 is 0. The molecule has 0 saturated carbocycles. The highest BCUT2D eigenvalue weighted by molar-refractivity contribution is 5.94. The van der Waals surface area contributed by atoms with E-state index in [0.717, 1.165) is 76.1 Å². The van der Waals surface area contributed by atoms with E-state index < -0.39 is 5.97 Å². The number of unbranched alkanes of at least 4 members (excludes halogenated alkanes) is 3. The molecular weight excluding hydrogens is 528 g/mol. The maximum absolute atomic E-state index is 13.7. The Kier molecular flexibility index (Phi) is 11.6. The van der Waals surface area contributed by atoms with Gasteiger partial charge in [-0.25, -0.2) is 0 Å². The zero-order valence-electron chi connectivity index (χ0n) is 25.3. The van der Waals surface area contributed by atoms with Crippen molar-refractivity contribution < 1.29 is 19.8 Å². The van der Waals surface area contributed by atoms with Crippen LogP contribution >= 0.6 is 0 Å². The molecule has 2 heterocycles. The number of carboxylic acid groups (broad SMARTS) is 1. The van der Waals surface area contributed by atoms with Gasteiger partial charge in [-0.15, -0.1) is 6.58 Å². The lowest BCUT2D eigenvalue weighted by atomic mass is 9.92. The fourth-order valence-corrected chi connectivity index (χ4v) is 6.44. The van der Waals surface area contributed by atoms with E-state index in [2.05, 4.69) is 47.3 Å². The summed E-state index contributed by atoms with van der Waals surface area (Å²) in [5.41, 5.74) is 2.78. The number of piperazine rings is 2. The van der Waals surface area contributed by atoms with Crippen LogP contribution in [0.1, 0.15) is 73.5 Å². The highest BCUT2D eigenvalue weighted by Gasteiger charge is 2.35. The lowest BCUT2D eigenvalue weighted by Gasteiger charge is -2.47. The van der Waals surface area contributed by atoms with Crippen molar-refractivity contribution in [1.82, 2.24) is 19.6 Å². The number of hydrogen-bond donors (Lipinski definition) is 2. The largest absolute Gasteiger partial charge is 0.508 e. The van der Waals surface area contributed by atoms with Crippen LogP contribution in [0.3, 0.4) is 0 Å². The Morgan fingerprint density at radius 3 is 2.31 bits per heavy atom. The normalized spacial score (nSPS) is 21.2. The van der Waals surface area contributed by atoms with Gasteiger partial charge in [0.15, 0.2) is 0 Å². The topological polar surface area (TPSA) is 87.6 Å². The monoisotopic (exact) mass is 576 g/mol. The molecule has 8 nitrogen and oxygen atoms in total. The van der Waals surface area contributed by atoms with Gasteiger partial charge in [-0.05, 0) is 68.6 Å². The Morgan fingerprint density at radius 1 is 0.929 bits per heavy atom. The summed E-state index contributed by atoms with van der Waals surface area (Å²) in [5, 5.41) is 19.1. The van der Waals surface area contributed by atoms with Crippen LogP contribution in [-0.4, -0.2) is 106 Å². The van der Waals surface area contributed by atoms with Gasteiger partial charge < -0.3 is 15.1 Å². The molecule has 42 heavy (non-hydrogen) atoms. The number of carbonyl (C=O) groups is 2. The van der Waals surface area contributed by atoms with Crippen LogP contribution in [0.15, 0.2) is 61.2 Å². The molecule has 2 aromatic rings. The minimum Gasteiger partial charge on any atom is -0.508 e. The molecule has 2 aliphatic rings. The van der Waals surface area contributed by atoms with E-state index in [-0.39, 0.29) is 30.2 Å². The number of amides is 1. The third-order valence-electron chi connectivity index (χ3n) is 8.77. The molecule has 2 saturated heterocycles. The standard InChI is InChI=1S/C34H48N4O4/c1-4-16-37-24-27(3)38(25-26(37)2)33(29-12-10-14-31(39)23-29)28-11-9-13-30(22-28)34(42)36-20-18-35(19-21-36)17-8-6-5-7-15-32(40)41/h4,9-14,22-23,26-27,33,39H,1,5-8,15-21,24-25H2,2-3H3,(H,40,41)/t26-,27+,33-/m1/s1. The highest BCUT2D eigenvalue weighted by atomic mass is 16.4. The number of aliphatic carboxylic acids is 1. The average molecular weight is 577 g/mol. The molecule has 0 aliphatic carbocycles. The predicted octanol–water partition coefficient (Wildman–Crippen LogP) is 4.86. The highest BCUT2D eigenvalue weighted by Crippen LogP contribution is 2.35. The van der Waals surface area contributed by atoms with E-state index in [1.807, 2.05) is 41.3 Å². The fourth-order valence-electron chi connectivity index (χ4n) is 6.44. The molecule has 8 heteroatoms. The summed E-state index contributed by atoms with van der Waals surface area (Å²) in [6.45, 7) is 15.2. The number of carboxylic acids is 1. The molecule has 1 amide bonds. The first kappa shape index (κ1) is 31.7. The van der Waals surface area contributed by atoms with E-state index in [9.17, 15) is 14.7 Å². The van der Waals surface area contributed by atoms with E-state index in [4.69, 9.17) is 5.11 Å². The van der Waals surface area contributed by atoms with Gasteiger partial charge in [-0.1, -0.05) is 43.2 Å². The number of carbonyl (C=O) groups excluding carboxylic acids is 1. The average Bonchev–Trinajstić information content (AvgIpc) is 2.97. The van der Waals surface area contributed by atoms with Crippen molar-refractivity contribution in [3.8, 4) is 5.75 Å². The van der Waals surface area contributed by atoms with Crippen molar-refractivity contribution >= 4 is 11.9 Å². The Balaban J connectivity index is 1.43. The van der Waals surface area contributed by atoms with Gasteiger partial charge in [-0.3, -0.25) is 24.3 Å². The molecular formula is C34H48N4O4. The van der Waals surface area contributed by atoms with Crippen LogP contribution in [0.5, 0.6) is 5.75 Å². The molecule has 0 unspecified atom stereocenters. The van der Waals surface area contributed by atoms with Crippen molar-refractivity contribution in [2.45, 2.75) is 64.1 Å². The minimum absolute atomic E-state index is 0.0667. The first-order chi connectivity index (χ1) is 20.3.